The van der Waals surface area contributed by atoms with Gasteiger partial charge >= 0.3 is 0 Å². The molecule has 5 N–H and O–H groups in total. The van der Waals surface area contributed by atoms with Crippen LogP contribution in [0.4, 0.5) is 0 Å². The molecule has 0 aliphatic heterocycles. The number of carbonyl (C=O) groups excluding carboxylic acids is 1. The van der Waals surface area contributed by atoms with Gasteiger partial charge in [0.25, 0.3) is 0 Å². The topological polar surface area (TPSA) is 110 Å². The van der Waals surface area contributed by atoms with E-state index in [0.717, 1.165) is 17.5 Å². The lowest BCUT2D eigenvalue weighted by Crippen LogP contribution is -2.41. The summed E-state index contributed by atoms with van der Waals surface area (Å²) in [5, 5.41) is 41.6. The van der Waals surface area contributed by atoms with Gasteiger partial charge in [0.05, 0.1) is 0 Å². The molecule has 1 amide bonds. The minimum atomic E-state index is -0.214. The van der Waals surface area contributed by atoms with E-state index in [-0.39, 0.29) is 40.7 Å². The van der Waals surface area contributed by atoms with Crippen LogP contribution >= 0.6 is 0 Å². The summed E-state index contributed by atoms with van der Waals surface area (Å²) >= 11 is 0. The van der Waals surface area contributed by atoms with Crippen molar-refractivity contribution in [2.75, 3.05) is 6.54 Å². The standard InChI is InChI=1S/C26H27NO5/c28-22-7-5-16(12-24(22)30)9-10-27-26(32)21-15-19-4-2-1-3-18(19)14-20(21)11-17-6-8-23(29)25(31)13-17/h1-8,12-13,20-21,28-31H,9-11,14-15H2,(H,27,32). The van der Waals surface area contributed by atoms with E-state index in [9.17, 15) is 25.2 Å². The number of amides is 1. The number of carbonyl (C=O) groups is 1. The zero-order valence-corrected chi connectivity index (χ0v) is 17.7. The highest BCUT2D eigenvalue weighted by Gasteiger charge is 2.33. The summed E-state index contributed by atoms with van der Waals surface area (Å²) < 4.78 is 0. The van der Waals surface area contributed by atoms with Gasteiger partial charge in [0, 0.05) is 12.5 Å². The zero-order valence-electron chi connectivity index (χ0n) is 17.7. The number of hydrogen-bond acceptors (Lipinski definition) is 5. The molecule has 0 aromatic heterocycles. The van der Waals surface area contributed by atoms with E-state index in [0.29, 0.717) is 25.8 Å². The summed E-state index contributed by atoms with van der Waals surface area (Å²) in [7, 11) is 0. The predicted octanol–water partition coefficient (Wildman–Crippen LogP) is 3.44. The molecule has 32 heavy (non-hydrogen) atoms. The normalized spacial score (nSPS) is 17.5. The fraction of sp³-hybridized carbons (Fsp3) is 0.269. The molecule has 2 atom stereocenters. The van der Waals surface area contributed by atoms with Crippen molar-refractivity contribution in [3.8, 4) is 23.0 Å². The molecule has 1 aliphatic rings. The molecule has 0 saturated carbocycles. The van der Waals surface area contributed by atoms with Crippen LogP contribution < -0.4 is 5.32 Å². The summed E-state index contributed by atoms with van der Waals surface area (Å²) in [6.45, 7) is 0.425. The molecule has 166 valence electrons. The molecule has 2 unspecified atom stereocenters. The van der Waals surface area contributed by atoms with Crippen LogP contribution in [0.2, 0.25) is 0 Å². The number of phenols is 4. The summed E-state index contributed by atoms with van der Waals surface area (Å²) in [6.07, 6.45) is 2.57. The van der Waals surface area contributed by atoms with E-state index in [4.69, 9.17) is 0 Å². The number of rotatable bonds is 6. The average Bonchev–Trinajstić information content (AvgIpc) is 2.78. The smallest absolute Gasteiger partial charge is 0.223 e. The van der Waals surface area contributed by atoms with Crippen molar-refractivity contribution in [1.29, 1.82) is 0 Å². The Bertz CT molecular complexity index is 1130. The van der Waals surface area contributed by atoms with Crippen molar-refractivity contribution in [2.24, 2.45) is 11.8 Å². The number of fused-ring (bicyclic) bond motifs is 1. The van der Waals surface area contributed by atoms with Crippen LogP contribution in [0.25, 0.3) is 0 Å². The Labute approximate surface area is 186 Å². The van der Waals surface area contributed by atoms with Gasteiger partial charge in [-0.25, -0.2) is 0 Å². The highest BCUT2D eigenvalue weighted by atomic mass is 16.3. The number of phenolic OH excluding ortho intramolecular Hbond substituents is 4. The lowest BCUT2D eigenvalue weighted by Gasteiger charge is -2.32. The van der Waals surface area contributed by atoms with E-state index in [2.05, 4.69) is 17.4 Å². The van der Waals surface area contributed by atoms with Crippen LogP contribution in [0.5, 0.6) is 23.0 Å². The van der Waals surface area contributed by atoms with Gasteiger partial charge in [0.2, 0.25) is 5.91 Å². The summed E-state index contributed by atoms with van der Waals surface area (Å²) in [4.78, 5) is 13.2. The van der Waals surface area contributed by atoms with E-state index in [1.807, 2.05) is 12.1 Å². The third-order valence-electron chi connectivity index (χ3n) is 6.24. The van der Waals surface area contributed by atoms with Gasteiger partial charge in [-0.3, -0.25) is 4.79 Å². The molecule has 0 fully saturated rings. The number of benzene rings is 3. The third kappa shape index (κ3) is 4.80. The first-order chi connectivity index (χ1) is 15.4. The van der Waals surface area contributed by atoms with Crippen molar-refractivity contribution in [3.05, 3.63) is 82.9 Å². The molecule has 1 aliphatic carbocycles. The lowest BCUT2D eigenvalue weighted by atomic mass is 9.73. The Morgan fingerprint density at radius 1 is 0.781 bits per heavy atom. The molecule has 3 aromatic carbocycles. The molecule has 0 bridgehead atoms. The Hall–Kier alpha value is -3.67. The Balaban J connectivity index is 1.47. The highest BCUT2D eigenvalue weighted by Crippen LogP contribution is 2.34. The first kappa shape index (κ1) is 21.6. The van der Waals surface area contributed by atoms with Crippen molar-refractivity contribution >= 4 is 5.91 Å². The fourth-order valence-electron chi connectivity index (χ4n) is 4.49. The quantitative estimate of drug-likeness (QED) is 0.383. The Kier molecular flexibility index (Phi) is 6.21. The zero-order chi connectivity index (χ0) is 22.7. The third-order valence-corrected chi connectivity index (χ3v) is 6.24. The van der Waals surface area contributed by atoms with Gasteiger partial charge in [-0.05, 0) is 78.1 Å². The lowest BCUT2D eigenvalue weighted by molar-refractivity contribution is -0.126. The van der Waals surface area contributed by atoms with Crippen LogP contribution in [0.1, 0.15) is 22.3 Å². The highest BCUT2D eigenvalue weighted by molar-refractivity contribution is 5.79. The van der Waals surface area contributed by atoms with Crippen LogP contribution in [0.15, 0.2) is 60.7 Å². The maximum atomic E-state index is 13.2. The largest absolute Gasteiger partial charge is 0.504 e. The van der Waals surface area contributed by atoms with Gasteiger partial charge < -0.3 is 25.7 Å². The van der Waals surface area contributed by atoms with Crippen LogP contribution in [-0.2, 0) is 30.5 Å². The average molecular weight is 434 g/mol. The van der Waals surface area contributed by atoms with E-state index in [1.165, 1.54) is 29.3 Å². The fourth-order valence-corrected chi connectivity index (χ4v) is 4.49. The second kappa shape index (κ2) is 9.22. The van der Waals surface area contributed by atoms with Crippen molar-refractivity contribution < 1.29 is 25.2 Å². The second-order valence-electron chi connectivity index (χ2n) is 8.43. The predicted molar refractivity (Wildman–Crippen MR) is 121 cm³/mol. The van der Waals surface area contributed by atoms with Crippen molar-refractivity contribution in [2.45, 2.75) is 25.7 Å². The molecule has 0 heterocycles. The van der Waals surface area contributed by atoms with E-state index in [1.54, 1.807) is 18.2 Å². The molecule has 6 nitrogen and oxygen atoms in total. The molecule has 3 aromatic rings. The maximum absolute atomic E-state index is 13.2. The van der Waals surface area contributed by atoms with Crippen LogP contribution in [-0.4, -0.2) is 32.9 Å². The van der Waals surface area contributed by atoms with Gasteiger partial charge in [-0.15, -0.1) is 0 Å². The summed E-state index contributed by atoms with van der Waals surface area (Å²) in [5.41, 5.74) is 4.12. The first-order valence-corrected chi connectivity index (χ1v) is 10.8. The molecule has 4 rings (SSSR count). The minimum absolute atomic E-state index is 0.0181. The molecule has 0 spiro atoms. The van der Waals surface area contributed by atoms with Crippen LogP contribution in [0, 0.1) is 11.8 Å². The summed E-state index contributed by atoms with van der Waals surface area (Å²) in [5.74, 6) is -0.818. The van der Waals surface area contributed by atoms with Gasteiger partial charge in [0.15, 0.2) is 23.0 Å². The molecule has 0 radical (unpaired) electrons. The van der Waals surface area contributed by atoms with Gasteiger partial charge in [0.1, 0.15) is 0 Å². The number of nitrogens with one attached hydrogen (secondary N) is 1. The van der Waals surface area contributed by atoms with E-state index >= 15 is 0 Å². The van der Waals surface area contributed by atoms with Crippen molar-refractivity contribution in [3.63, 3.8) is 0 Å². The monoisotopic (exact) mass is 433 g/mol. The SMILES string of the molecule is O=C(NCCc1ccc(O)c(O)c1)C1Cc2ccccc2CC1Cc1ccc(O)c(O)c1. The summed E-state index contributed by atoms with van der Waals surface area (Å²) in [6, 6.07) is 17.6. The molecular formula is C26H27NO5. The van der Waals surface area contributed by atoms with Crippen molar-refractivity contribution in [1.82, 2.24) is 5.32 Å². The second-order valence-corrected chi connectivity index (χ2v) is 8.43. The molecule has 0 saturated heterocycles. The van der Waals surface area contributed by atoms with E-state index < -0.39 is 0 Å². The Morgan fingerprint density at radius 3 is 2.03 bits per heavy atom. The van der Waals surface area contributed by atoms with Crippen LogP contribution in [0.3, 0.4) is 0 Å². The first-order valence-electron chi connectivity index (χ1n) is 10.8. The molecule has 6 heteroatoms. The minimum Gasteiger partial charge on any atom is -0.504 e. The Morgan fingerprint density at radius 2 is 1.38 bits per heavy atom. The van der Waals surface area contributed by atoms with Gasteiger partial charge in [-0.1, -0.05) is 36.4 Å². The number of aromatic hydroxyl groups is 4. The molecular weight excluding hydrogens is 406 g/mol. The van der Waals surface area contributed by atoms with Gasteiger partial charge in [-0.2, -0.15) is 0 Å². The maximum Gasteiger partial charge on any atom is 0.223 e. The number of hydrogen-bond donors (Lipinski definition) is 5.